The zero-order valence-corrected chi connectivity index (χ0v) is 11.8. The van der Waals surface area contributed by atoms with Crippen molar-refractivity contribution in [1.29, 1.82) is 0 Å². The minimum Gasteiger partial charge on any atom is -0.306 e. The van der Waals surface area contributed by atoms with Crippen LogP contribution in [0.5, 0.6) is 0 Å². The molecule has 0 saturated heterocycles. The fraction of sp³-hybridized carbons (Fsp3) is 0.400. The van der Waals surface area contributed by atoms with E-state index >= 15 is 0 Å². The van der Waals surface area contributed by atoms with E-state index in [9.17, 15) is 0 Å². The number of rotatable bonds is 6. The molecule has 0 spiro atoms. The molecule has 0 radical (unpaired) electrons. The molecule has 18 heavy (non-hydrogen) atoms. The van der Waals surface area contributed by atoms with E-state index in [0.29, 0.717) is 12.1 Å². The van der Waals surface area contributed by atoms with Gasteiger partial charge >= 0.3 is 0 Å². The molecule has 1 aromatic heterocycles. The van der Waals surface area contributed by atoms with E-state index in [1.807, 2.05) is 11.6 Å². The molecular weight excluding hydrogens is 240 g/mol. The van der Waals surface area contributed by atoms with Gasteiger partial charge in [0.05, 0.1) is 6.04 Å². The summed E-state index contributed by atoms with van der Waals surface area (Å²) in [5.74, 6) is 0. The Hall–Kier alpha value is -1.19. The van der Waals surface area contributed by atoms with Crippen LogP contribution in [0.4, 0.5) is 0 Å². The van der Waals surface area contributed by atoms with Gasteiger partial charge in [0.2, 0.25) is 0 Å². The lowest BCUT2D eigenvalue weighted by atomic mass is 10.1. The molecule has 0 aliphatic rings. The molecule has 0 aliphatic heterocycles. The molecular formula is C15H20N2S. The van der Waals surface area contributed by atoms with Gasteiger partial charge in [0.1, 0.15) is 5.01 Å². The standard InChI is InChI=1S/C15H20N2S/c1-12(2)17-14(15-16-10-11-18-15)9-8-13-6-4-3-5-7-13/h3-7,10-12,14,17H,8-9H2,1-2H3. The SMILES string of the molecule is CC(C)NC(CCc1ccccc1)c1nccs1. The van der Waals surface area contributed by atoms with Crippen LogP contribution < -0.4 is 5.32 Å². The fourth-order valence-corrected chi connectivity index (χ4v) is 2.78. The Bertz CT molecular complexity index is 437. The van der Waals surface area contributed by atoms with Crippen molar-refractivity contribution in [1.82, 2.24) is 10.3 Å². The predicted octanol–water partition coefficient (Wildman–Crippen LogP) is 3.82. The summed E-state index contributed by atoms with van der Waals surface area (Å²) in [7, 11) is 0. The zero-order chi connectivity index (χ0) is 12.8. The van der Waals surface area contributed by atoms with Gasteiger partial charge in [-0.2, -0.15) is 0 Å². The van der Waals surface area contributed by atoms with Gasteiger partial charge in [-0.15, -0.1) is 11.3 Å². The van der Waals surface area contributed by atoms with Gasteiger partial charge in [-0.3, -0.25) is 0 Å². The third-order valence-electron chi connectivity index (χ3n) is 2.85. The van der Waals surface area contributed by atoms with Crippen LogP contribution in [0.25, 0.3) is 0 Å². The van der Waals surface area contributed by atoms with Crippen LogP contribution in [0.1, 0.15) is 36.9 Å². The highest BCUT2D eigenvalue weighted by atomic mass is 32.1. The van der Waals surface area contributed by atoms with Gasteiger partial charge < -0.3 is 5.32 Å². The largest absolute Gasteiger partial charge is 0.306 e. The number of aromatic nitrogens is 1. The van der Waals surface area contributed by atoms with E-state index < -0.39 is 0 Å². The maximum absolute atomic E-state index is 4.44. The van der Waals surface area contributed by atoms with Crippen molar-refractivity contribution in [2.75, 3.05) is 0 Å². The summed E-state index contributed by atoms with van der Waals surface area (Å²) in [6, 6.07) is 11.5. The van der Waals surface area contributed by atoms with Gasteiger partial charge in [-0.25, -0.2) is 4.98 Å². The van der Waals surface area contributed by atoms with Gasteiger partial charge in [-0.1, -0.05) is 44.2 Å². The number of benzene rings is 1. The Morgan fingerprint density at radius 1 is 1.22 bits per heavy atom. The highest BCUT2D eigenvalue weighted by Crippen LogP contribution is 2.21. The second-order valence-corrected chi connectivity index (χ2v) is 5.69. The zero-order valence-electron chi connectivity index (χ0n) is 11.0. The number of hydrogen-bond donors (Lipinski definition) is 1. The first-order valence-electron chi connectivity index (χ1n) is 6.45. The summed E-state index contributed by atoms with van der Waals surface area (Å²) >= 11 is 1.73. The first-order valence-corrected chi connectivity index (χ1v) is 7.33. The first-order chi connectivity index (χ1) is 8.75. The van der Waals surface area contributed by atoms with Crippen LogP contribution in [0.15, 0.2) is 41.9 Å². The summed E-state index contributed by atoms with van der Waals surface area (Å²) in [6.45, 7) is 4.37. The van der Waals surface area contributed by atoms with Gasteiger partial charge in [0, 0.05) is 17.6 Å². The van der Waals surface area contributed by atoms with Crippen LogP contribution in [0.2, 0.25) is 0 Å². The lowest BCUT2D eigenvalue weighted by Crippen LogP contribution is -2.28. The van der Waals surface area contributed by atoms with Crippen LogP contribution in [0, 0.1) is 0 Å². The normalized spacial score (nSPS) is 12.8. The molecule has 1 aromatic carbocycles. The van der Waals surface area contributed by atoms with Crippen molar-refractivity contribution in [2.24, 2.45) is 0 Å². The highest BCUT2D eigenvalue weighted by Gasteiger charge is 2.14. The lowest BCUT2D eigenvalue weighted by molar-refractivity contribution is 0.451. The Balaban J connectivity index is 1.98. The summed E-state index contributed by atoms with van der Waals surface area (Å²) in [4.78, 5) is 4.44. The molecule has 2 nitrogen and oxygen atoms in total. The molecule has 0 amide bonds. The number of thiazole rings is 1. The van der Waals surface area contributed by atoms with E-state index in [1.54, 1.807) is 11.3 Å². The van der Waals surface area contributed by atoms with E-state index in [2.05, 4.69) is 54.5 Å². The number of aryl methyl sites for hydroxylation is 1. The summed E-state index contributed by atoms with van der Waals surface area (Å²) in [6.07, 6.45) is 4.07. The first kappa shape index (κ1) is 13.2. The molecule has 2 aromatic rings. The van der Waals surface area contributed by atoms with E-state index in [1.165, 1.54) is 10.6 Å². The smallest absolute Gasteiger partial charge is 0.109 e. The second kappa shape index (κ2) is 6.66. The summed E-state index contributed by atoms with van der Waals surface area (Å²) in [5, 5.41) is 6.84. The van der Waals surface area contributed by atoms with Crippen molar-refractivity contribution >= 4 is 11.3 Å². The summed E-state index contributed by atoms with van der Waals surface area (Å²) < 4.78 is 0. The molecule has 1 atom stereocenters. The number of nitrogens with zero attached hydrogens (tertiary/aromatic N) is 1. The molecule has 1 unspecified atom stereocenters. The minimum absolute atomic E-state index is 0.366. The maximum atomic E-state index is 4.44. The quantitative estimate of drug-likeness (QED) is 0.854. The van der Waals surface area contributed by atoms with Crippen molar-refractivity contribution in [2.45, 2.75) is 38.8 Å². The third-order valence-corrected chi connectivity index (χ3v) is 3.74. The average molecular weight is 260 g/mol. The monoisotopic (exact) mass is 260 g/mol. The van der Waals surface area contributed by atoms with Gasteiger partial charge in [0.15, 0.2) is 0 Å². The average Bonchev–Trinajstić information content (AvgIpc) is 2.89. The van der Waals surface area contributed by atoms with E-state index in [-0.39, 0.29) is 0 Å². The van der Waals surface area contributed by atoms with Gasteiger partial charge in [-0.05, 0) is 18.4 Å². The molecule has 1 heterocycles. The van der Waals surface area contributed by atoms with Crippen LogP contribution in [0.3, 0.4) is 0 Å². The molecule has 0 bridgehead atoms. The topological polar surface area (TPSA) is 24.9 Å². The van der Waals surface area contributed by atoms with Crippen LogP contribution >= 0.6 is 11.3 Å². The Morgan fingerprint density at radius 3 is 2.61 bits per heavy atom. The molecule has 0 fully saturated rings. The van der Waals surface area contributed by atoms with Crippen molar-refractivity contribution < 1.29 is 0 Å². The van der Waals surface area contributed by atoms with Crippen molar-refractivity contribution in [3.05, 3.63) is 52.5 Å². The third kappa shape index (κ3) is 3.93. The number of nitrogens with one attached hydrogen (secondary N) is 1. The second-order valence-electron chi connectivity index (χ2n) is 4.77. The molecule has 0 saturated carbocycles. The fourth-order valence-electron chi connectivity index (χ4n) is 2.04. The molecule has 3 heteroatoms. The molecule has 1 N–H and O–H groups in total. The van der Waals surface area contributed by atoms with E-state index in [0.717, 1.165) is 12.8 Å². The van der Waals surface area contributed by atoms with E-state index in [4.69, 9.17) is 0 Å². The number of hydrogen-bond acceptors (Lipinski definition) is 3. The molecule has 96 valence electrons. The van der Waals surface area contributed by atoms with Crippen molar-refractivity contribution in [3.8, 4) is 0 Å². The predicted molar refractivity (Wildman–Crippen MR) is 77.9 cm³/mol. The molecule has 0 aliphatic carbocycles. The Kier molecular flexibility index (Phi) is 4.90. The summed E-state index contributed by atoms with van der Waals surface area (Å²) in [5.41, 5.74) is 1.39. The van der Waals surface area contributed by atoms with Crippen LogP contribution in [-0.4, -0.2) is 11.0 Å². The Labute approximate surface area is 113 Å². The molecule has 2 rings (SSSR count). The maximum Gasteiger partial charge on any atom is 0.109 e. The Morgan fingerprint density at radius 2 is 2.00 bits per heavy atom. The minimum atomic E-state index is 0.366. The lowest BCUT2D eigenvalue weighted by Gasteiger charge is -2.19. The van der Waals surface area contributed by atoms with Crippen molar-refractivity contribution in [3.63, 3.8) is 0 Å². The van der Waals surface area contributed by atoms with Gasteiger partial charge in [0.25, 0.3) is 0 Å². The highest BCUT2D eigenvalue weighted by molar-refractivity contribution is 7.09. The van der Waals surface area contributed by atoms with Crippen LogP contribution in [-0.2, 0) is 6.42 Å².